The summed E-state index contributed by atoms with van der Waals surface area (Å²) in [6, 6.07) is 23.1. The van der Waals surface area contributed by atoms with E-state index in [-0.39, 0.29) is 0 Å². The van der Waals surface area contributed by atoms with Gasteiger partial charge in [-0.15, -0.1) is 0 Å². The molecule has 3 saturated heterocycles. The van der Waals surface area contributed by atoms with Crippen LogP contribution in [0.4, 0.5) is 0 Å². The molecule has 2 aromatic carbocycles. The van der Waals surface area contributed by atoms with Gasteiger partial charge in [0.25, 0.3) is 0 Å². The molecule has 0 aromatic heterocycles. The summed E-state index contributed by atoms with van der Waals surface area (Å²) in [6.45, 7) is 7.46. The molecule has 3 fully saturated rings. The standard InChI is InChI=1S/C22H27N3/c1-3-7-17(8-4-1)22(18-9-5-2-6-10-18)25-15-21(16-25)24-13-19-11-23-12-20(19)14-24/h1-10,19-23H,11-16H2. The minimum atomic E-state index is 0.391. The Bertz CT molecular complexity index is 644. The van der Waals surface area contributed by atoms with Crippen molar-refractivity contribution in [2.75, 3.05) is 39.3 Å². The molecule has 3 aliphatic heterocycles. The number of likely N-dealkylation sites (tertiary alicyclic amines) is 2. The summed E-state index contributed by atoms with van der Waals surface area (Å²) in [5.74, 6) is 1.79. The van der Waals surface area contributed by atoms with Gasteiger partial charge in [0.1, 0.15) is 0 Å². The molecule has 2 atom stereocenters. The van der Waals surface area contributed by atoms with Crippen molar-refractivity contribution in [1.82, 2.24) is 15.1 Å². The van der Waals surface area contributed by atoms with Gasteiger partial charge in [-0.05, 0) is 36.1 Å². The van der Waals surface area contributed by atoms with Crippen LogP contribution >= 0.6 is 0 Å². The first kappa shape index (κ1) is 15.6. The van der Waals surface area contributed by atoms with Gasteiger partial charge in [-0.25, -0.2) is 0 Å². The molecule has 0 bridgehead atoms. The number of hydrogen-bond donors (Lipinski definition) is 1. The van der Waals surface area contributed by atoms with E-state index in [0.717, 1.165) is 17.9 Å². The van der Waals surface area contributed by atoms with E-state index in [9.17, 15) is 0 Å². The molecule has 5 rings (SSSR count). The smallest absolute Gasteiger partial charge is 0.0602 e. The third kappa shape index (κ3) is 2.91. The van der Waals surface area contributed by atoms with E-state index in [1.54, 1.807) is 0 Å². The van der Waals surface area contributed by atoms with E-state index in [1.807, 2.05) is 0 Å². The third-order valence-electron chi connectivity index (χ3n) is 6.42. The van der Waals surface area contributed by atoms with Crippen LogP contribution in [0.3, 0.4) is 0 Å². The second-order valence-electron chi connectivity index (χ2n) is 7.96. The van der Waals surface area contributed by atoms with Crippen molar-refractivity contribution in [2.24, 2.45) is 11.8 Å². The van der Waals surface area contributed by atoms with Crippen LogP contribution in [0.25, 0.3) is 0 Å². The Balaban J connectivity index is 1.31. The van der Waals surface area contributed by atoms with Crippen molar-refractivity contribution in [1.29, 1.82) is 0 Å². The molecule has 3 heteroatoms. The van der Waals surface area contributed by atoms with E-state index >= 15 is 0 Å². The molecule has 2 aromatic rings. The highest BCUT2D eigenvalue weighted by atomic mass is 15.3. The molecular formula is C22H27N3. The lowest BCUT2D eigenvalue weighted by molar-refractivity contribution is 0.0226. The van der Waals surface area contributed by atoms with Crippen LogP contribution in [-0.4, -0.2) is 55.1 Å². The summed E-state index contributed by atoms with van der Waals surface area (Å²) >= 11 is 0. The zero-order valence-electron chi connectivity index (χ0n) is 14.7. The number of fused-ring (bicyclic) bond motifs is 1. The van der Waals surface area contributed by atoms with Gasteiger partial charge in [-0.3, -0.25) is 9.80 Å². The lowest BCUT2D eigenvalue weighted by Gasteiger charge is -2.48. The molecule has 130 valence electrons. The molecular weight excluding hydrogens is 306 g/mol. The molecule has 0 saturated carbocycles. The van der Waals surface area contributed by atoms with Gasteiger partial charge in [0, 0.05) is 32.2 Å². The minimum Gasteiger partial charge on any atom is -0.316 e. The van der Waals surface area contributed by atoms with E-state index in [0.29, 0.717) is 6.04 Å². The first-order valence-electron chi connectivity index (χ1n) is 9.67. The maximum Gasteiger partial charge on any atom is 0.0602 e. The summed E-state index contributed by atoms with van der Waals surface area (Å²) in [5.41, 5.74) is 2.82. The van der Waals surface area contributed by atoms with Gasteiger partial charge >= 0.3 is 0 Å². The SMILES string of the molecule is c1ccc(C(c2ccccc2)N2CC(N3CC4CNCC4C3)C2)cc1. The number of rotatable bonds is 4. The second-order valence-corrected chi connectivity index (χ2v) is 7.96. The Labute approximate surface area is 150 Å². The molecule has 3 nitrogen and oxygen atoms in total. The average Bonchev–Trinajstić information content (AvgIpc) is 3.21. The molecule has 25 heavy (non-hydrogen) atoms. The second kappa shape index (κ2) is 6.56. The molecule has 0 amide bonds. The summed E-state index contributed by atoms with van der Waals surface area (Å²) in [4.78, 5) is 5.42. The Kier molecular flexibility index (Phi) is 4.09. The van der Waals surface area contributed by atoms with Crippen LogP contribution in [0, 0.1) is 11.8 Å². The Hall–Kier alpha value is -1.68. The Morgan fingerprint density at radius 2 is 1.24 bits per heavy atom. The predicted molar refractivity (Wildman–Crippen MR) is 102 cm³/mol. The van der Waals surface area contributed by atoms with Crippen LogP contribution in [0.1, 0.15) is 17.2 Å². The predicted octanol–water partition coefficient (Wildman–Crippen LogP) is 2.61. The number of nitrogens with zero attached hydrogens (tertiary/aromatic N) is 2. The van der Waals surface area contributed by atoms with Crippen molar-refractivity contribution >= 4 is 0 Å². The van der Waals surface area contributed by atoms with Gasteiger partial charge in [0.05, 0.1) is 6.04 Å². The molecule has 0 aliphatic carbocycles. The van der Waals surface area contributed by atoms with Gasteiger partial charge in [-0.2, -0.15) is 0 Å². The van der Waals surface area contributed by atoms with Crippen LogP contribution < -0.4 is 5.32 Å². The fourth-order valence-electron chi connectivity index (χ4n) is 5.00. The van der Waals surface area contributed by atoms with Gasteiger partial charge in [-0.1, -0.05) is 60.7 Å². The molecule has 0 radical (unpaired) electrons. The van der Waals surface area contributed by atoms with Gasteiger partial charge < -0.3 is 5.32 Å². The Morgan fingerprint density at radius 3 is 1.76 bits per heavy atom. The third-order valence-corrected chi connectivity index (χ3v) is 6.42. The van der Waals surface area contributed by atoms with Gasteiger partial charge in [0.15, 0.2) is 0 Å². The normalized spacial score (nSPS) is 27.6. The highest BCUT2D eigenvalue weighted by Crippen LogP contribution is 2.36. The fraction of sp³-hybridized carbons (Fsp3) is 0.455. The number of hydrogen-bond acceptors (Lipinski definition) is 3. The van der Waals surface area contributed by atoms with Crippen molar-refractivity contribution < 1.29 is 0 Å². The zero-order chi connectivity index (χ0) is 16.6. The van der Waals surface area contributed by atoms with Crippen molar-refractivity contribution in [2.45, 2.75) is 12.1 Å². The fourth-order valence-corrected chi connectivity index (χ4v) is 5.00. The van der Waals surface area contributed by atoms with E-state index in [4.69, 9.17) is 0 Å². The van der Waals surface area contributed by atoms with Gasteiger partial charge in [0.2, 0.25) is 0 Å². The maximum absolute atomic E-state index is 3.55. The van der Waals surface area contributed by atoms with Crippen LogP contribution in [0.5, 0.6) is 0 Å². The van der Waals surface area contributed by atoms with E-state index in [1.165, 1.54) is 50.4 Å². The lowest BCUT2D eigenvalue weighted by atomic mass is 9.92. The topological polar surface area (TPSA) is 18.5 Å². The van der Waals surface area contributed by atoms with E-state index < -0.39 is 0 Å². The van der Waals surface area contributed by atoms with E-state index in [2.05, 4.69) is 75.8 Å². The maximum atomic E-state index is 3.55. The molecule has 1 N–H and O–H groups in total. The molecule has 0 spiro atoms. The lowest BCUT2D eigenvalue weighted by Crippen LogP contribution is -2.60. The molecule has 2 unspecified atom stereocenters. The summed E-state index contributed by atoms with van der Waals surface area (Å²) in [6.07, 6.45) is 0. The summed E-state index contributed by atoms with van der Waals surface area (Å²) < 4.78 is 0. The largest absolute Gasteiger partial charge is 0.316 e. The first-order valence-corrected chi connectivity index (χ1v) is 9.67. The monoisotopic (exact) mass is 333 g/mol. The number of benzene rings is 2. The van der Waals surface area contributed by atoms with Crippen molar-refractivity contribution in [3.63, 3.8) is 0 Å². The minimum absolute atomic E-state index is 0.391. The zero-order valence-corrected chi connectivity index (χ0v) is 14.7. The Morgan fingerprint density at radius 1 is 0.720 bits per heavy atom. The summed E-state index contributed by atoms with van der Waals surface area (Å²) in [7, 11) is 0. The van der Waals surface area contributed by atoms with Crippen molar-refractivity contribution in [3.05, 3.63) is 71.8 Å². The average molecular weight is 333 g/mol. The highest BCUT2D eigenvalue weighted by molar-refractivity contribution is 5.32. The molecule has 3 aliphatic rings. The quantitative estimate of drug-likeness (QED) is 0.928. The highest BCUT2D eigenvalue weighted by Gasteiger charge is 2.43. The van der Waals surface area contributed by atoms with Crippen LogP contribution in [0.2, 0.25) is 0 Å². The van der Waals surface area contributed by atoms with Crippen LogP contribution in [-0.2, 0) is 0 Å². The van der Waals surface area contributed by atoms with Crippen LogP contribution in [0.15, 0.2) is 60.7 Å². The number of nitrogens with one attached hydrogen (secondary N) is 1. The summed E-state index contributed by atoms with van der Waals surface area (Å²) in [5, 5.41) is 3.55. The van der Waals surface area contributed by atoms with Crippen molar-refractivity contribution in [3.8, 4) is 0 Å². The molecule has 3 heterocycles. The first-order chi connectivity index (χ1) is 12.4.